The zero-order valence-electron chi connectivity index (χ0n) is 11.5. The smallest absolute Gasteiger partial charge is 0.278 e. The van der Waals surface area contributed by atoms with Gasteiger partial charge in [-0.15, -0.1) is 0 Å². The number of carbonyl (C=O) groups is 1. The van der Waals surface area contributed by atoms with Crippen LogP contribution in [0.4, 0.5) is 0 Å². The Balaban J connectivity index is 2.10. The summed E-state index contributed by atoms with van der Waals surface area (Å²) < 4.78 is 0. The quantitative estimate of drug-likeness (QED) is 0.856. The summed E-state index contributed by atoms with van der Waals surface area (Å²) in [6.07, 6.45) is -0.616. The highest BCUT2D eigenvalue weighted by atomic mass is 16.7. The lowest BCUT2D eigenvalue weighted by molar-refractivity contribution is -0.0778. The number of aliphatic hydroxyl groups is 1. The van der Waals surface area contributed by atoms with Crippen molar-refractivity contribution in [2.24, 2.45) is 0 Å². The standard InChI is InChI=1S/C15H16N2O3/c1-9-3-4-14-12(5-9)13(6-10(2)16-14)15(19)17-7-11(18)8-20-17/h3-6,11,18H,7-8H2,1-2H3/t11-/m1/s1. The van der Waals surface area contributed by atoms with Crippen molar-refractivity contribution < 1.29 is 14.7 Å². The van der Waals surface area contributed by atoms with Crippen LogP contribution in [0, 0.1) is 13.8 Å². The maximum atomic E-state index is 12.5. The van der Waals surface area contributed by atoms with E-state index in [2.05, 4.69) is 4.98 Å². The van der Waals surface area contributed by atoms with Crippen molar-refractivity contribution in [3.05, 3.63) is 41.1 Å². The molecule has 1 amide bonds. The summed E-state index contributed by atoms with van der Waals surface area (Å²) in [5.41, 5.74) is 3.20. The predicted molar refractivity (Wildman–Crippen MR) is 74.2 cm³/mol. The second-order valence-electron chi connectivity index (χ2n) is 5.15. The largest absolute Gasteiger partial charge is 0.389 e. The van der Waals surface area contributed by atoms with Crippen LogP contribution in [0.5, 0.6) is 0 Å². The second-order valence-corrected chi connectivity index (χ2v) is 5.15. The van der Waals surface area contributed by atoms with Crippen LogP contribution in [-0.2, 0) is 4.84 Å². The highest BCUT2D eigenvalue weighted by Gasteiger charge is 2.28. The van der Waals surface area contributed by atoms with E-state index in [1.165, 1.54) is 5.06 Å². The summed E-state index contributed by atoms with van der Waals surface area (Å²) in [4.78, 5) is 22.2. The number of hydrogen-bond donors (Lipinski definition) is 1. The van der Waals surface area contributed by atoms with Crippen molar-refractivity contribution in [3.63, 3.8) is 0 Å². The van der Waals surface area contributed by atoms with Crippen molar-refractivity contribution in [2.45, 2.75) is 20.0 Å². The van der Waals surface area contributed by atoms with Gasteiger partial charge in [0, 0.05) is 11.1 Å². The minimum atomic E-state index is -0.616. The Kier molecular flexibility index (Phi) is 3.16. The van der Waals surface area contributed by atoms with Gasteiger partial charge in [-0.05, 0) is 32.0 Å². The third-order valence-electron chi connectivity index (χ3n) is 3.35. The monoisotopic (exact) mass is 272 g/mol. The number of aliphatic hydroxyl groups excluding tert-OH is 1. The van der Waals surface area contributed by atoms with Gasteiger partial charge in [-0.1, -0.05) is 11.6 Å². The van der Waals surface area contributed by atoms with E-state index in [4.69, 9.17) is 4.84 Å². The van der Waals surface area contributed by atoms with Gasteiger partial charge in [-0.2, -0.15) is 0 Å². The first-order valence-electron chi connectivity index (χ1n) is 6.55. The van der Waals surface area contributed by atoms with Crippen LogP contribution in [0.2, 0.25) is 0 Å². The molecule has 20 heavy (non-hydrogen) atoms. The minimum absolute atomic E-state index is 0.159. The van der Waals surface area contributed by atoms with Crippen molar-refractivity contribution in [1.29, 1.82) is 0 Å². The molecule has 0 radical (unpaired) electrons. The summed E-state index contributed by atoms with van der Waals surface area (Å²) in [7, 11) is 0. The third-order valence-corrected chi connectivity index (χ3v) is 3.35. The molecule has 1 aliphatic heterocycles. The summed E-state index contributed by atoms with van der Waals surface area (Å²) in [6.45, 7) is 4.19. The van der Waals surface area contributed by atoms with Crippen molar-refractivity contribution in [1.82, 2.24) is 10.0 Å². The number of pyridine rings is 1. The molecule has 0 saturated carbocycles. The van der Waals surface area contributed by atoms with Gasteiger partial charge in [0.05, 0.1) is 17.6 Å². The molecule has 0 aliphatic carbocycles. The first-order valence-corrected chi connectivity index (χ1v) is 6.55. The van der Waals surface area contributed by atoms with Crippen LogP contribution in [0.15, 0.2) is 24.3 Å². The second kappa shape index (κ2) is 4.85. The first kappa shape index (κ1) is 13.0. The van der Waals surface area contributed by atoms with E-state index in [1.54, 1.807) is 6.07 Å². The molecule has 0 spiro atoms. The van der Waals surface area contributed by atoms with E-state index in [0.29, 0.717) is 5.56 Å². The van der Waals surface area contributed by atoms with Crippen LogP contribution in [0.3, 0.4) is 0 Å². The van der Waals surface area contributed by atoms with Crippen molar-refractivity contribution >= 4 is 16.8 Å². The Bertz CT molecular complexity index is 684. The fraction of sp³-hybridized carbons (Fsp3) is 0.333. The summed E-state index contributed by atoms with van der Waals surface area (Å²) in [5.74, 6) is -0.234. The zero-order valence-corrected chi connectivity index (χ0v) is 11.5. The molecular weight excluding hydrogens is 256 g/mol. The van der Waals surface area contributed by atoms with Crippen LogP contribution in [0.25, 0.3) is 10.9 Å². The fourth-order valence-electron chi connectivity index (χ4n) is 2.40. The molecule has 0 bridgehead atoms. The average molecular weight is 272 g/mol. The van der Waals surface area contributed by atoms with Gasteiger partial charge >= 0.3 is 0 Å². The molecule has 1 saturated heterocycles. The lowest BCUT2D eigenvalue weighted by Crippen LogP contribution is -2.28. The molecule has 1 aromatic heterocycles. The Hall–Kier alpha value is -1.98. The molecule has 0 unspecified atom stereocenters. The number of aromatic nitrogens is 1. The maximum Gasteiger partial charge on any atom is 0.278 e. The summed E-state index contributed by atoms with van der Waals surface area (Å²) >= 11 is 0. The lowest BCUT2D eigenvalue weighted by atomic mass is 10.0. The molecule has 5 nitrogen and oxygen atoms in total. The van der Waals surface area contributed by atoms with Gasteiger partial charge in [0.15, 0.2) is 0 Å². The van der Waals surface area contributed by atoms with Gasteiger partial charge < -0.3 is 5.11 Å². The van der Waals surface area contributed by atoms with E-state index in [0.717, 1.165) is 22.2 Å². The number of benzene rings is 1. The van der Waals surface area contributed by atoms with E-state index >= 15 is 0 Å². The van der Waals surface area contributed by atoms with E-state index < -0.39 is 6.10 Å². The molecule has 3 rings (SSSR count). The first-order chi connectivity index (χ1) is 9.54. The van der Waals surface area contributed by atoms with E-state index in [1.807, 2.05) is 32.0 Å². The average Bonchev–Trinajstić information content (AvgIpc) is 2.84. The number of rotatable bonds is 1. The molecule has 5 heteroatoms. The molecular formula is C15H16N2O3. The van der Waals surface area contributed by atoms with E-state index in [9.17, 15) is 9.90 Å². The molecule has 1 aliphatic rings. The predicted octanol–water partition coefficient (Wildman–Crippen LogP) is 1.60. The van der Waals surface area contributed by atoms with Gasteiger partial charge in [0.1, 0.15) is 12.7 Å². The number of fused-ring (bicyclic) bond motifs is 1. The highest BCUT2D eigenvalue weighted by Crippen LogP contribution is 2.22. The van der Waals surface area contributed by atoms with Crippen molar-refractivity contribution in [2.75, 3.05) is 13.2 Å². The topological polar surface area (TPSA) is 62.7 Å². The van der Waals surface area contributed by atoms with Crippen LogP contribution in [-0.4, -0.2) is 40.3 Å². The van der Waals surface area contributed by atoms with Crippen LogP contribution >= 0.6 is 0 Å². The molecule has 1 N–H and O–H groups in total. The summed E-state index contributed by atoms with van der Waals surface area (Å²) in [5, 5.41) is 11.5. The Morgan fingerprint density at radius 3 is 2.90 bits per heavy atom. The normalized spacial score (nSPS) is 18.8. The lowest BCUT2D eigenvalue weighted by Gasteiger charge is -2.15. The molecule has 104 valence electrons. The zero-order chi connectivity index (χ0) is 14.3. The SMILES string of the molecule is Cc1ccc2nc(C)cc(C(=O)N3C[C@@H](O)CO3)c2c1. The number of aryl methyl sites for hydroxylation is 2. The maximum absolute atomic E-state index is 12.5. The molecule has 2 heterocycles. The third kappa shape index (κ3) is 2.26. The number of hydrogen-bond acceptors (Lipinski definition) is 4. The molecule has 1 aromatic carbocycles. The van der Waals surface area contributed by atoms with Gasteiger partial charge in [-0.3, -0.25) is 14.6 Å². The fourth-order valence-corrected chi connectivity index (χ4v) is 2.40. The van der Waals surface area contributed by atoms with E-state index in [-0.39, 0.29) is 19.1 Å². The minimum Gasteiger partial charge on any atom is -0.389 e. The Labute approximate surface area is 116 Å². The van der Waals surface area contributed by atoms with Gasteiger partial charge in [0.2, 0.25) is 0 Å². The number of β-amino-alcohol motifs (C(OH)–C–C–N with tert-alkyl or cyclic N) is 1. The van der Waals surface area contributed by atoms with Crippen LogP contribution in [0.1, 0.15) is 21.6 Å². The number of nitrogens with zero attached hydrogens (tertiary/aromatic N) is 2. The number of amides is 1. The number of carbonyl (C=O) groups excluding carboxylic acids is 1. The molecule has 1 fully saturated rings. The Morgan fingerprint density at radius 1 is 1.40 bits per heavy atom. The van der Waals surface area contributed by atoms with Gasteiger partial charge in [0.25, 0.3) is 5.91 Å². The van der Waals surface area contributed by atoms with Crippen molar-refractivity contribution in [3.8, 4) is 0 Å². The van der Waals surface area contributed by atoms with Crippen LogP contribution < -0.4 is 0 Å². The van der Waals surface area contributed by atoms with Gasteiger partial charge in [-0.25, -0.2) is 5.06 Å². The molecule has 1 atom stereocenters. The molecule has 2 aromatic rings. The number of hydroxylamine groups is 2. The Morgan fingerprint density at radius 2 is 2.20 bits per heavy atom. The highest BCUT2D eigenvalue weighted by molar-refractivity contribution is 6.06. The summed E-state index contributed by atoms with van der Waals surface area (Å²) in [6, 6.07) is 7.59.